The largest absolute Gasteiger partial charge is 0.336 e. The quantitative estimate of drug-likeness (QED) is 0.218. The number of allylic oxidation sites excluding steroid dienone is 3. The van der Waals surface area contributed by atoms with Crippen molar-refractivity contribution in [3.63, 3.8) is 0 Å². The summed E-state index contributed by atoms with van der Waals surface area (Å²) >= 11 is 1.11. The Hall–Kier alpha value is -3.88. The zero-order chi connectivity index (χ0) is 26.1. The van der Waals surface area contributed by atoms with E-state index in [-0.39, 0.29) is 5.13 Å². The van der Waals surface area contributed by atoms with Crippen LogP contribution in [0.25, 0.3) is 49.6 Å². The number of nitrogens with zero attached hydrogens (tertiary/aromatic N) is 4. The molecule has 0 aliphatic carbocycles. The first-order valence-electron chi connectivity index (χ1n) is 12.9. The lowest BCUT2D eigenvalue weighted by Gasteiger charge is -2.26. The molecule has 1 aliphatic heterocycles. The van der Waals surface area contributed by atoms with Crippen molar-refractivity contribution < 1.29 is 4.39 Å². The minimum Gasteiger partial charge on any atom is -0.336 e. The Morgan fingerprint density at radius 1 is 1.05 bits per heavy atom. The summed E-state index contributed by atoms with van der Waals surface area (Å²) in [6, 6.07) is 13.2. The number of nitrogens with one attached hydrogen (secondary N) is 2. The highest BCUT2D eigenvalue weighted by molar-refractivity contribution is 7.14. The van der Waals surface area contributed by atoms with Crippen LogP contribution in [0.15, 0.2) is 72.8 Å². The zero-order valence-corrected chi connectivity index (χ0v) is 22.1. The van der Waals surface area contributed by atoms with E-state index in [1.165, 1.54) is 30.9 Å². The second kappa shape index (κ2) is 10.5. The van der Waals surface area contributed by atoms with E-state index in [4.69, 9.17) is 9.97 Å². The number of piperidine rings is 1. The number of hydrogen-bond donors (Lipinski definition) is 2. The molecule has 5 aromatic rings. The number of benzene rings is 1. The van der Waals surface area contributed by atoms with Gasteiger partial charge in [-0.2, -0.15) is 9.49 Å². The van der Waals surface area contributed by atoms with E-state index in [1.807, 2.05) is 43.3 Å². The number of thiophene rings is 1. The number of aromatic amines is 2. The second-order valence-corrected chi connectivity index (χ2v) is 10.6. The average molecular weight is 525 g/mol. The first-order valence-corrected chi connectivity index (χ1v) is 13.8. The van der Waals surface area contributed by atoms with Gasteiger partial charge in [-0.3, -0.25) is 10.00 Å². The number of aromatic nitrogens is 5. The summed E-state index contributed by atoms with van der Waals surface area (Å²) < 4.78 is 13.7. The molecule has 0 amide bonds. The van der Waals surface area contributed by atoms with Crippen LogP contribution in [0, 0.1) is 5.13 Å². The van der Waals surface area contributed by atoms with Gasteiger partial charge in [0.2, 0.25) is 0 Å². The van der Waals surface area contributed by atoms with Crippen LogP contribution >= 0.6 is 11.3 Å². The Labute approximate surface area is 224 Å². The van der Waals surface area contributed by atoms with Crippen molar-refractivity contribution in [2.75, 3.05) is 19.6 Å². The molecule has 0 bridgehead atoms. The van der Waals surface area contributed by atoms with Crippen LogP contribution in [0.4, 0.5) is 4.39 Å². The van der Waals surface area contributed by atoms with Gasteiger partial charge >= 0.3 is 0 Å². The molecule has 38 heavy (non-hydrogen) atoms. The Morgan fingerprint density at radius 2 is 1.92 bits per heavy atom. The van der Waals surface area contributed by atoms with Gasteiger partial charge in [-0.1, -0.05) is 37.3 Å². The average Bonchev–Trinajstić information content (AvgIpc) is 3.68. The number of rotatable bonds is 7. The molecule has 6 nitrogen and oxygen atoms in total. The molecule has 2 N–H and O–H groups in total. The summed E-state index contributed by atoms with van der Waals surface area (Å²) in [7, 11) is 0. The molecule has 4 aromatic heterocycles. The highest BCUT2D eigenvalue weighted by Crippen LogP contribution is 2.34. The summed E-state index contributed by atoms with van der Waals surface area (Å²) in [5, 5.41) is 7.43. The lowest BCUT2D eigenvalue weighted by molar-refractivity contribution is 0.248. The van der Waals surface area contributed by atoms with Gasteiger partial charge in [0.25, 0.3) is 0 Å². The van der Waals surface area contributed by atoms with E-state index >= 15 is 0 Å². The van der Waals surface area contributed by atoms with Gasteiger partial charge in [-0.25, -0.2) is 9.97 Å². The van der Waals surface area contributed by atoms with Crippen LogP contribution < -0.4 is 0 Å². The van der Waals surface area contributed by atoms with Crippen LogP contribution in [-0.4, -0.2) is 49.7 Å². The molecule has 1 saturated heterocycles. The fraction of sp³-hybridized carbons (Fsp3) is 0.233. The Balaban J connectivity index is 1.36. The summed E-state index contributed by atoms with van der Waals surface area (Å²) in [6.07, 6.45) is 10.1. The standard InChI is InChI=1S/C30H29FN6S/c1-3-19(18-37-15-6-5-7-16-37)17-20(4-2)22-11-12-24-28(32-22)29(36-35-24)30-33-23-10-8-9-21(27(23)34-30)25-13-14-26(31)38-25/h3-4,8-14,17H,1,5-7,15-16,18H2,2H3,(H,33,34)(H,35,36)/b19-17+,20-4+. The van der Waals surface area contributed by atoms with Crippen molar-refractivity contribution in [1.82, 2.24) is 30.0 Å². The number of hydrogen-bond acceptors (Lipinski definition) is 5. The number of fused-ring (bicyclic) bond motifs is 2. The predicted molar refractivity (Wildman–Crippen MR) is 154 cm³/mol. The van der Waals surface area contributed by atoms with E-state index in [1.54, 1.807) is 6.07 Å². The minimum atomic E-state index is -0.216. The molecule has 0 radical (unpaired) electrons. The van der Waals surface area contributed by atoms with Gasteiger partial charge in [0.05, 0.1) is 22.2 Å². The monoisotopic (exact) mass is 524 g/mol. The van der Waals surface area contributed by atoms with Crippen molar-refractivity contribution in [3.05, 3.63) is 83.7 Å². The third-order valence-corrected chi connectivity index (χ3v) is 7.96. The number of pyridine rings is 1. The molecule has 1 fully saturated rings. The minimum absolute atomic E-state index is 0.216. The van der Waals surface area contributed by atoms with E-state index in [0.717, 1.165) is 74.7 Å². The molecule has 192 valence electrons. The predicted octanol–water partition coefficient (Wildman–Crippen LogP) is 7.37. The molecule has 0 atom stereocenters. The SMILES string of the molecule is C=C/C(=C\C(=C/C)c1ccc2[nH]nc(-c3nc4c(-c5ccc(F)s5)cccc4[nH]3)c2n1)CN1CCCCC1. The van der Waals surface area contributed by atoms with Crippen LogP contribution in [0.1, 0.15) is 31.9 Å². The molecule has 0 saturated carbocycles. The van der Waals surface area contributed by atoms with Gasteiger partial charge in [-0.05, 0) is 80.4 Å². The molecule has 0 unspecified atom stereocenters. The molecule has 5 heterocycles. The van der Waals surface area contributed by atoms with Crippen molar-refractivity contribution in [3.8, 4) is 22.0 Å². The number of H-pyrrole nitrogens is 2. The van der Waals surface area contributed by atoms with Crippen molar-refractivity contribution in [2.24, 2.45) is 0 Å². The highest BCUT2D eigenvalue weighted by atomic mass is 32.1. The zero-order valence-electron chi connectivity index (χ0n) is 21.3. The Morgan fingerprint density at radius 3 is 2.68 bits per heavy atom. The molecular formula is C30H29FN6S. The first kappa shape index (κ1) is 24.5. The third-order valence-electron chi connectivity index (χ3n) is 7.05. The summed E-state index contributed by atoms with van der Waals surface area (Å²) in [6.45, 7) is 9.27. The number of para-hydroxylation sites is 1. The van der Waals surface area contributed by atoms with E-state index in [0.29, 0.717) is 11.5 Å². The van der Waals surface area contributed by atoms with Crippen molar-refractivity contribution >= 4 is 39.0 Å². The Kier molecular flexibility index (Phi) is 6.74. The van der Waals surface area contributed by atoms with Crippen molar-refractivity contribution in [2.45, 2.75) is 26.2 Å². The molecule has 1 aromatic carbocycles. The van der Waals surface area contributed by atoms with Crippen LogP contribution in [0.3, 0.4) is 0 Å². The van der Waals surface area contributed by atoms with Gasteiger partial charge in [0.15, 0.2) is 16.6 Å². The van der Waals surface area contributed by atoms with Crippen LogP contribution in [-0.2, 0) is 0 Å². The van der Waals surface area contributed by atoms with E-state index in [2.05, 4.69) is 38.8 Å². The maximum Gasteiger partial charge on any atom is 0.176 e. The van der Waals surface area contributed by atoms with Gasteiger partial charge in [0.1, 0.15) is 5.52 Å². The molecule has 6 rings (SSSR count). The van der Waals surface area contributed by atoms with Crippen LogP contribution in [0.5, 0.6) is 0 Å². The summed E-state index contributed by atoms with van der Waals surface area (Å²) in [5.74, 6) is 0.620. The molecule has 8 heteroatoms. The topological polar surface area (TPSA) is 73.5 Å². The highest BCUT2D eigenvalue weighted by Gasteiger charge is 2.18. The Bertz CT molecular complexity index is 1680. The fourth-order valence-corrected chi connectivity index (χ4v) is 5.83. The summed E-state index contributed by atoms with van der Waals surface area (Å²) in [4.78, 5) is 16.6. The molecule has 0 spiro atoms. The second-order valence-electron chi connectivity index (χ2n) is 9.56. The van der Waals surface area contributed by atoms with E-state index < -0.39 is 0 Å². The normalized spacial score (nSPS) is 15.5. The maximum atomic E-state index is 13.7. The van der Waals surface area contributed by atoms with E-state index in [9.17, 15) is 4.39 Å². The van der Waals surface area contributed by atoms with Gasteiger partial charge in [0, 0.05) is 17.0 Å². The maximum absolute atomic E-state index is 13.7. The fourth-order valence-electron chi connectivity index (χ4n) is 5.08. The molecular weight excluding hydrogens is 495 g/mol. The van der Waals surface area contributed by atoms with Gasteiger partial charge < -0.3 is 4.98 Å². The first-order chi connectivity index (χ1) is 18.6. The molecule has 1 aliphatic rings. The lowest BCUT2D eigenvalue weighted by Crippen LogP contribution is -2.31. The summed E-state index contributed by atoms with van der Waals surface area (Å²) in [5.41, 5.74) is 7.85. The lowest BCUT2D eigenvalue weighted by atomic mass is 10.0. The number of likely N-dealkylation sites (tertiary alicyclic amines) is 1. The number of halogens is 1. The van der Waals surface area contributed by atoms with Gasteiger partial charge in [-0.15, -0.1) is 11.3 Å². The number of imidazole rings is 1. The smallest absolute Gasteiger partial charge is 0.176 e. The third kappa shape index (κ3) is 4.73. The van der Waals surface area contributed by atoms with Crippen LogP contribution in [0.2, 0.25) is 0 Å². The van der Waals surface area contributed by atoms with Crippen molar-refractivity contribution in [1.29, 1.82) is 0 Å².